The third kappa shape index (κ3) is 9.41. The van der Waals surface area contributed by atoms with Gasteiger partial charge in [0.1, 0.15) is 35.2 Å². The van der Waals surface area contributed by atoms with Gasteiger partial charge in [-0.05, 0) is 85.5 Å². The highest BCUT2D eigenvalue weighted by atomic mass is 35.5. The lowest BCUT2D eigenvalue weighted by Gasteiger charge is -2.23. The number of fused-ring (bicyclic) bond motifs is 4. The van der Waals surface area contributed by atoms with Crippen molar-refractivity contribution in [2.45, 2.75) is 86.8 Å². The summed E-state index contributed by atoms with van der Waals surface area (Å²) in [6, 6.07) is 8.92. The first-order valence-electron chi connectivity index (χ1n) is 19.2. The minimum atomic E-state index is -5.15. The van der Waals surface area contributed by atoms with Crippen molar-refractivity contribution in [1.82, 2.24) is 19.6 Å². The minimum Gasteiger partial charge on any atom is -0.298 e. The molecule has 22 heteroatoms. The van der Waals surface area contributed by atoms with Crippen LogP contribution >= 0.6 is 11.6 Å². The molecule has 9 nitrogen and oxygen atoms in total. The maximum absolute atomic E-state index is 15.5. The molecule has 0 amide bonds. The van der Waals surface area contributed by atoms with Gasteiger partial charge in [-0.25, -0.2) is 25.6 Å². The van der Waals surface area contributed by atoms with E-state index in [4.69, 9.17) is 11.6 Å². The summed E-state index contributed by atoms with van der Waals surface area (Å²) in [7, 11) is -7.74. The van der Waals surface area contributed by atoms with Gasteiger partial charge in [-0.3, -0.25) is 14.2 Å². The average molecular weight is 965 g/mol. The van der Waals surface area contributed by atoms with E-state index in [1.165, 1.54) is 44.2 Å². The van der Waals surface area contributed by atoms with E-state index in [1.54, 1.807) is 0 Å². The van der Waals surface area contributed by atoms with Gasteiger partial charge < -0.3 is 0 Å². The second-order valence-electron chi connectivity index (χ2n) is 16.7. The predicted octanol–water partition coefficient (Wildman–Crippen LogP) is 9.33. The van der Waals surface area contributed by atoms with Gasteiger partial charge in [0.2, 0.25) is 0 Å². The molecule has 0 aliphatic heterocycles. The number of benzene rings is 3. The SMILES string of the molecule is CC(C)(C#Cc1ccc(-c2ccc(Cl)c3c(CS(C)(=O)=O)nn(CC(F)(F)F)c23)c([C@@H](CC(=O)Cn2nc(C(F)(F)F)c3c2C(F)(F)[C@@H]2C[C@H]32)Cc2cc(F)cc(F)c2)c1)S(C)(=O)=O. The standard InChI is InChI=1S/C42H35ClF10N4O5S2/c1-39(2,64(4,61)62)10-9-21-5-6-27(28-7-8-32(43)35-33(19-63(3,59)60)54-57(36(28)35)20-40(46,47)48)29(14-21)23(11-22-12-24(44)16-25(45)13-22)15-26(58)18-56-38-34(37(55-56)42(51,52)53)30-17-31(30)41(38,49)50/h5-8,12-14,16,23,30-31H,11,15,17-20H2,1-4H3/t23-,30+,31-/m1/s1. The Kier molecular flexibility index (Phi) is 11.7. The van der Waals surface area contributed by atoms with Crippen LogP contribution in [0.1, 0.15) is 77.9 Å². The van der Waals surface area contributed by atoms with Crippen LogP contribution in [-0.2, 0) is 61.8 Å². The van der Waals surface area contributed by atoms with Crippen molar-refractivity contribution in [3.8, 4) is 23.0 Å². The summed E-state index contributed by atoms with van der Waals surface area (Å²) in [6.45, 7) is -0.232. The first-order chi connectivity index (χ1) is 29.3. The third-order valence-corrected chi connectivity index (χ3v) is 14.3. The monoisotopic (exact) mass is 964 g/mol. The van der Waals surface area contributed by atoms with E-state index in [-0.39, 0.29) is 55.9 Å². The Morgan fingerprint density at radius 1 is 0.922 bits per heavy atom. The molecular weight excluding hydrogens is 930 g/mol. The molecule has 342 valence electrons. The summed E-state index contributed by atoms with van der Waals surface area (Å²) in [5.74, 6) is -6.20. The van der Waals surface area contributed by atoms with E-state index in [1.807, 2.05) is 0 Å². The number of Topliss-reactive ketones (excluding diaryl/α,β-unsaturated/α-hetero) is 1. The van der Waals surface area contributed by atoms with Crippen LogP contribution in [0.4, 0.5) is 43.9 Å². The smallest absolute Gasteiger partial charge is 0.298 e. The molecule has 0 N–H and O–H groups in total. The number of carbonyl (C=O) groups excluding carboxylic acids is 1. The highest BCUT2D eigenvalue weighted by molar-refractivity contribution is 7.92. The zero-order valence-electron chi connectivity index (χ0n) is 33.9. The molecule has 2 aliphatic carbocycles. The van der Waals surface area contributed by atoms with E-state index >= 15 is 8.78 Å². The topological polar surface area (TPSA) is 121 Å². The van der Waals surface area contributed by atoms with Crippen LogP contribution in [0.15, 0.2) is 48.5 Å². The lowest BCUT2D eigenvalue weighted by Crippen LogP contribution is -2.28. The molecule has 5 aromatic rings. The molecule has 0 unspecified atom stereocenters. The Morgan fingerprint density at radius 3 is 2.16 bits per heavy atom. The zero-order chi connectivity index (χ0) is 47.3. The first kappa shape index (κ1) is 47.0. The number of halogens is 11. The molecule has 7 rings (SSSR count). The fourth-order valence-corrected chi connectivity index (χ4v) is 9.35. The van der Waals surface area contributed by atoms with Crippen molar-refractivity contribution < 1.29 is 65.5 Å². The van der Waals surface area contributed by atoms with E-state index in [0.29, 0.717) is 15.4 Å². The zero-order valence-corrected chi connectivity index (χ0v) is 36.3. The summed E-state index contributed by atoms with van der Waals surface area (Å²) in [5, 5.41) is 7.04. The maximum Gasteiger partial charge on any atom is 0.435 e. The molecule has 64 heavy (non-hydrogen) atoms. The van der Waals surface area contributed by atoms with Crippen molar-refractivity contribution in [2.24, 2.45) is 5.92 Å². The van der Waals surface area contributed by atoms with Crippen LogP contribution in [0.2, 0.25) is 5.02 Å². The van der Waals surface area contributed by atoms with Gasteiger partial charge in [0.05, 0.1) is 22.0 Å². The predicted molar refractivity (Wildman–Crippen MR) is 215 cm³/mol. The van der Waals surface area contributed by atoms with Crippen molar-refractivity contribution in [1.29, 1.82) is 0 Å². The number of rotatable bonds is 12. The summed E-state index contributed by atoms with van der Waals surface area (Å²) in [5.41, 5.74) is -4.09. The Balaban J connectivity index is 1.45. The number of hydrogen-bond acceptors (Lipinski definition) is 7. The van der Waals surface area contributed by atoms with Crippen LogP contribution in [0, 0.1) is 29.4 Å². The number of aromatic nitrogens is 4. The quantitative estimate of drug-likeness (QED) is 0.0903. The Bertz CT molecular complexity index is 3020. The Hall–Kier alpha value is -4.94. The van der Waals surface area contributed by atoms with Gasteiger partial charge in [0.15, 0.2) is 31.2 Å². The number of hydrogen-bond donors (Lipinski definition) is 0. The average Bonchev–Trinajstić information content (AvgIpc) is 3.66. The van der Waals surface area contributed by atoms with Crippen LogP contribution < -0.4 is 0 Å². The number of alkyl halides is 8. The second-order valence-corrected chi connectivity index (χ2v) is 21.8. The first-order valence-corrected chi connectivity index (χ1v) is 23.5. The Labute approximate surface area is 364 Å². The van der Waals surface area contributed by atoms with Crippen molar-refractivity contribution >= 4 is 48.0 Å². The molecular formula is C42H35ClF10N4O5S2. The molecule has 3 aromatic carbocycles. The number of nitrogens with zero attached hydrogens (tertiary/aromatic N) is 4. The van der Waals surface area contributed by atoms with E-state index in [9.17, 15) is 56.8 Å². The molecule has 0 saturated heterocycles. The van der Waals surface area contributed by atoms with Gasteiger partial charge in [0.25, 0.3) is 5.92 Å². The molecule has 2 aliphatic rings. The summed E-state index contributed by atoms with van der Waals surface area (Å²) in [4.78, 5) is 14.1. The number of ketones is 1. The molecule has 1 fully saturated rings. The van der Waals surface area contributed by atoms with Crippen LogP contribution in [0.25, 0.3) is 22.0 Å². The summed E-state index contributed by atoms with van der Waals surface area (Å²) < 4.78 is 194. The van der Waals surface area contributed by atoms with E-state index in [2.05, 4.69) is 22.0 Å². The maximum atomic E-state index is 15.5. The fraction of sp³-hybridized carbons (Fsp3) is 0.405. The molecule has 0 bridgehead atoms. The van der Waals surface area contributed by atoms with Gasteiger partial charge >= 0.3 is 12.4 Å². The van der Waals surface area contributed by atoms with Crippen LogP contribution in [-0.4, -0.2) is 65.6 Å². The normalized spacial score (nSPS) is 17.8. The second kappa shape index (κ2) is 15.9. The largest absolute Gasteiger partial charge is 0.435 e. The van der Waals surface area contributed by atoms with Gasteiger partial charge in [-0.1, -0.05) is 35.6 Å². The number of carbonyl (C=O) groups is 1. The fourth-order valence-electron chi connectivity index (χ4n) is 8.15. The van der Waals surface area contributed by atoms with E-state index in [0.717, 1.165) is 24.6 Å². The number of sulfone groups is 2. The molecule has 1 saturated carbocycles. The van der Waals surface area contributed by atoms with Gasteiger partial charge in [0, 0.05) is 53.0 Å². The highest BCUT2D eigenvalue weighted by Crippen LogP contribution is 2.68. The Morgan fingerprint density at radius 2 is 1.56 bits per heavy atom. The lowest BCUT2D eigenvalue weighted by atomic mass is 9.82. The van der Waals surface area contributed by atoms with Crippen molar-refractivity contribution in [3.05, 3.63) is 105 Å². The molecule has 0 radical (unpaired) electrons. The van der Waals surface area contributed by atoms with E-state index < -0.39 is 127 Å². The van der Waals surface area contributed by atoms with Gasteiger partial charge in [-0.15, -0.1) is 0 Å². The van der Waals surface area contributed by atoms with Gasteiger partial charge in [-0.2, -0.15) is 45.3 Å². The summed E-state index contributed by atoms with van der Waals surface area (Å²) >= 11 is 6.52. The third-order valence-electron chi connectivity index (χ3n) is 11.3. The molecule has 2 heterocycles. The molecule has 0 spiro atoms. The molecule has 3 atom stereocenters. The summed E-state index contributed by atoms with van der Waals surface area (Å²) in [6.07, 6.45) is -9.75. The lowest BCUT2D eigenvalue weighted by molar-refractivity contribution is -0.143. The highest BCUT2D eigenvalue weighted by Gasteiger charge is 2.68. The van der Waals surface area contributed by atoms with Crippen LogP contribution in [0.3, 0.4) is 0 Å². The van der Waals surface area contributed by atoms with Crippen LogP contribution in [0.5, 0.6) is 0 Å². The molecule has 2 aromatic heterocycles. The minimum absolute atomic E-state index is 0.00303. The van der Waals surface area contributed by atoms with Crippen molar-refractivity contribution in [3.63, 3.8) is 0 Å². The van der Waals surface area contributed by atoms with Crippen molar-refractivity contribution in [2.75, 3.05) is 12.5 Å².